The first-order valence-electron chi connectivity index (χ1n) is 7.00. The van der Waals surface area contributed by atoms with Gasteiger partial charge in [0, 0.05) is 23.2 Å². The molecule has 0 bridgehead atoms. The fraction of sp³-hybridized carbons (Fsp3) is 0.571. The maximum Gasteiger partial charge on any atom is 0.293 e. The third-order valence-electron chi connectivity index (χ3n) is 3.61. The Balaban J connectivity index is 1.99. The molecule has 1 aliphatic rings. The van der Waals surface area contributed by atoms with Gasteiger partial charge in [0.1, 0.15) is 5.69 Å². The third-order valence-corrected chi connectivity index (χ3v) is 3.84. The summed E-state index contributed by atoms with van der Waals surface area (Å²) in [4.78, 5) is 10.6. The van der Waals surface area contributed by atoms with Gasteiger partial charge < -0.3 is 10.6 Å². The number of anilines is 1. The molecule has 1 aliphatic heterocycles. The summed E-state index contributed by atoms with van der Waals surface area (Å²) in [7, 11) is 0. The van der Waals surface area contributed by atoms with Crippen LogP contribution in [0.25, 0.3) is 0 Å². The van der Waals surface area contributed by atoms with Crippen molar-refractivity contribution in [1.29, 1.82) is 0 Å². The normalized spacial score (nSPS) is 20.4. The van der Waals surface area contributed by atoms with Crippen molar-refractivity contribution in [2.24, 2.45) is 0 Å². The molecule has 0 aromatic heterocycles. The molecule has 2 unspecified atom stereocenters. The predicted molar refractivity (Wildman–Crippen MR) is 81.4 cm³/mol. The van der Waals surface area contributed by atoms with Gasteiger partial charge in [-0.25, -0.2) is 0 Å². The molecule has 0 aliphatic carbocycles. The van der Waals surface area contributed by atoms with Gasteiger partial charge in [0.2, 0.25) is 0 Å². The van der Waals surface area contributed by atoms with Gasteiger partial charge >= 0.3 is 0 Å². The summed E-state index contributed by atoms with van der Waals surface area (Å²) in [6, 6.07) is 5.39. The van der Waals surface area contributed by atoms with Gasteiger partial charge in [0.25, 0.3) is 5.69 Å². The molecule has 110 valence electrons. The van der Waals surface area contributed by atoms with E-state index in [2.05, 4.69) is 17.6 Å². The Labute approximate surface area is 123 Å². The molecule has 0 amide bonds. The summed E-state index contributed by atoms with van der Waals surface area (Å²) >= 11 is 5.81. The van der Waals surface area contributed by atoms with E-state index in [1.54, 1.807) is 12.1 Å². The van der Waals surface area contributed by atoms with E-state index in [-0.39, 0.29) is 11.7 Å². The molecule has 2 rings (SSSR count). The molecule has 1 fully saturated rings. The fourth-order valence-corrected chi connectivity index (χ4v) is 2.82. The Morgan fingerprint density at radius 1 is 1.55 bits per heavy atom. The number of halogens is 1. The fourth-order valence-electron chi connectivity index (χ4n) is 2.65. The molecule has 0 radical (unpaired) electrons. The summed E-state index contributed by atoms with van der Waals surface area (Å²) in [5.74, 6) is 0. The number of nitrogens with one attached hydrogen (secondary N) is 2. The summed E-state index contributed by atoms with van der Waals surface area (Å²) in [5.41, 5.74) is 0.559. The molecular formula is C14H20ClN3O2. The molecule has 20 heavy (non-hydrogen) atoms. The zero-order valence-corrected chi connectivity index (χ0v) is 12.3. The molecule has 1 aromatic rings. The number of nitro benzene ring substituents is 1. The summed E-state index contributed by atoms with van der Waals surface area (Å²) in [6.45, 7) is 3.12. The van der Waals surface area contributed by atoms with Gasteiger partial charge in [-0.2, -0.15) is 0 Å². The van der Waals surface area contributed by atoms with Crippen LogP contribution in [0.15, 0.2) is 18.2 Å². The number of hydrogen-bond acceptors (Lipinski definition) is 4. The monoisotopic (exact) mass is 297 g/mol. The molecule has 0 spiro atoms. The maximum absolute atomic E-state index is 11.0. The second-order valence-corrected chi connectivity index (χ2v) is 5.78. The second-order valence-electron chi connectivity index (χ2n) is 5.35. The Bertz CT molecular complexity index is 475. The van der Waals surface area contributed by atoms with Crippen LogP contribution in [0.1, 0.15) is 32.6 Å². The van der Waals surface area contributed by atoms with E-state index in [4.69, 9.17) is 11.6 Å². The van der Waals surface area contributed by atoms with Crippen LogP contribution in [0.2, 0.25) is 5.02 Å². The van der Waals surface area contributed by atoms with Gasteiger partial charge in [-0.05, 0) is 44.9 Å². The molecular weight excluding hydrogens is 278 g/mol. The summed E-state index contributed by atoms with van der Waals surface area (Å²) in [6.07, 6.45) is 4.63. The average molecular weight is 298 g/mol. The third kappa shape index (κ3) is 4.08. The average Bonchev–Trinajstić information content (AvgIpc) is 2.41. The highest BCUT2D eigenvalue weighted by Gasteiger charge is 2.19. The Morgan fingerprint density at radius 2 is 2.35 bits per heavy atom. The van der Waals surface area contributed by atoms with Crippen LogP contribution in [-0.4, -0.2) is 23.6 Å². The number of rotatable bonds is 5. The number of hydrogen-bond donors (Lipinski definition) is 2. The van der Waals surface area contributed by atoms with Crippen molar-refractivity contribution in [3.63, 3.8) is 0 Å². The molecule has 6 heteroatoms. The highest BCUT2D eigenvalue weighted by molar-refractivity contribution is 6.30. The number of benzene rings is 1. The van der Waals surface area contributed by atoms with E-state index in [9.17, 15) is 10.1 Å². The largest absolute Gasteiger partial charge is 0.377 e. The maximum atomic E-state index is 11.0. The quantitative estimate of drug-likeness (QED) is 0.644. The van der Waals surface area contributed by atoms with Crippen LogP contribution >= 0.6 is 11.6 Å². The Kier molecular flexibility index (Phi) is 5.20. The van der Waals surface area contributed by atoms with Crippen LogP contribution in [0.3, 0.4) is 0 Å². The zero-order valence-electron chi connectivity index (χ0n) is 11.6. The van der Waals surface area contributed by atoms with E-state index >= 15 is 0 Å². The van der Waals surface area contributed by atoms with Crippen molar-refractivity contribution in [1.82, 2.24) is 5.32 Å². The summed E-state index contributed by atoms with van der Waals surface area (Å²) < 4.78 is 0. The minimum atomic E-state index is -0.403. The molecule has 1 saturated heterocycles. The number of nitro groups is 1. The van der Waals surface area contributed by atoms with Crippen molar-refractivity contribution in [2.75, 3.05) is 11.9 Å². The zero-order chi connectivity index (χ0) is 14.5. The van der Waals surface area contributed by atoms with Crippen LogP contribution in [0, 0.1) is 10.1 Å². The van der Waals surface area contributed by atoms with E-state index in [1.807, 2.05) is 0 Å². The lowest BCUT2D eigenvalue weighted by Crippen LogP contribution is -2.37. The van der Waals surface area contributed by atoms with Crippen LogP contribution in [0.5, 0.6) is 0 Å². The van der Waals surface area contributed by atoms with Gasteiger partial charge in [-0.1, -0.05) is 18.0 Å². The molecule has 5 nitrogen and oxygen atoms in total. The van der Waals surface area contributed by atoms with Gasteiger partial charge in [-0.3, -0.25) is 10.1 Å². The minimum absolute atomic E-state index is 0.0287. The van der Waals surface area contributed by atoms with Crippen LogP contribution in [0.4, 0.5) is 11.4 Å². The van der Waals surface area contributed by atoms with Gasteiger partial charge in [0.15, 0.2) is 0 Å². The smallest absolute Gasteiger partial charge is 0.293 e. The van der Waals surface area contributed by atoms with Gasteiger partial charge in [0.05, 0.1) is 4.92 Å². The first-order valence-corrected chi connectivity index (χ1v) is 7.38. The Hall–Kier alpha value is -1.33. The van der Waals surface area contributed by atoms with Crippen molar-refractivity contribution in [3.8, 4) is 0 Å². The lowest BCUT2D eigenvalue weighted by Gasteiger charge is -2.27. The molecule has 0 saturated carbocycles. The van der Waals surface area contributed by atoms with Crippen LogP contribution in [-0.2, 0) is 0 Å². The van der Waals surface area contributed by atoms with E-state index in [1.165, 1.54) is 25.3 Å². The highest BCUT2D eigenvalue weighted by atomic mass is 35.5. The standard InChI is InChI=1S/C14H20ClN3O2/c1-10(8-12-4-2-3-7-16-12)17-13-6-5-11(15)9-14(13)18(19)20/h5-6,9-10,12,16-17H,2-4,7-8H2,1H3. The topological polar surface area (TPSA) is 67.2 Å². The molecule has 2 atom stereocenters. The molecule has 2 N–H and O–H groups in total. The van der Waals surface area contributed by atoms with Crippen molar-refractivity contribution < 1.29 is 4.92 Å². The number of piperidine rings is 1. The molecule has 1 aromatic carbocycles. The lowest BCUT2D eigenvalue weighted by atomic mass is 9.98. The highest BCUT2D eigenvalue weighted by Crippen LogP contribution is 2.28. The van der Waals surface area contributed by atoms with E-state index < -0.39 is 4.92 Å². The number of nitrogens with zero attached hydrogens (tertiary/aromatic N) is 1. The van der Waals surface area contributed by atoms with Crippen molar-refractivity contribution in [3.05, 3.63) is 33.3 Å². The first kappa shape index (κ1) is 15.1. The summed E-state index contributed by atoms with van der Waals surface area (Å²) in [5, 5.41) is 18.1. The van der Waals surface area contributed by atoms with Gasteiger partial charge in [-0.15, -0.1) is 0 Å². The lowest BCUT2D eigenvalue weighted by molar-refractivity contribution is -0.384. The minimum Gasteiger partial charge on any atom is -0.377 e. The van der Waals surface area contributed by atoms with Crippen molar-refractivity contribution >= 4 is 23.0 Å². The SMILES string of the molecule is CC(CC1CCCCN1)Nc1ccc(Cl)cc1[N+](=O)[O-]. The predicted octanol–water partition coefficient (Wildman–Crippen LogP) is 3.58. The second kappa shape index (κ2) is 6.90. The molecule has 1 heterocycles. The van der Waals surface area contributed by atoms with E-state index in [0.29, 0.717) is 16.8 Å². The van der Waals surface area contributed by atoms with Crippen LogP contribution < -0.4 is 10.6 Å². The Morgan fingerprint density at radius 3 is 3.00 bits per heavy atom. The van der Waals surface area contributed by atoms with E-state index in [0.717, 1.165) is 13.0 Å². The van der Waals surface area contributed by atoms with Crippen molar-refractivity contribution in [2.45, 2.75) is 44.7 Å². The first-order chi connectivity index (χ1) is 9.56.